The molecule has 0 atom stereocenters. The van der Waals surface area contributed by atoms with Gasteiger partial charge in [-0.05, 0) is 30.7 Å². The largest absolute Gasteiger partial charge is 0.466 e. The van der Waals surface area contributed by atoms with Crippen LogP contribution in [0.25, 0.3) is 0 Å². The average Bonchev–Trinajstić information content (AvgIpc) is 2.64. The quantitative estimate of drug-likeness (QED) is 0.260. The van der Waals surface area contributed by atoms with Crippen molar-refractivity contribution in [2.45, 2.75) is 25.3 Å². The van der Waals surface area contributed by atoms with Gasteiger partial charge in [-0.15, -0.1) is 11.8 Å². The fourth-order valence-electron chi connectivity index (χ4n) is 2.40. The Morgan fingerprint density at radius 3 is 2.57 bits per heavy atom. The summed E-state index contributed by atoms with van der Waals surface area (Å²) >= 11 is 6.70. The van der Waals surface area contributed by atoms with Crippen LogP contribution in [0.3, 0.4) is 0 Å². The van der Waals surface area contributed by atoms with E-state index in [0.29, 0.717) is 17.3 Å². The van der Waals surface area contributed by atoms with Gasteiger partial charge in [-0.25, -0.2) is 0 Å². The van der Waals surface area contributed by atoms with Crippen molar-refractivity contribution in [3.8, 4) is 11.5 Å². The number of non-ortho nitro benzene ring substituents is 1. The lowest BCUT2D eigenvalue weighted by atomic mass is 10.1. The average molecular weight is 464 g/mol. The summed E-state index contributed by atoms with van der Waals surface area (Å²) in [5.41, 5.74) is 0.500. The van der Waals surface area contributed by atoms with E-state index in [4.69, 9.17) is 21.1 Å². The van der Waals surface area contributed by atoms with Gasteiger partial charge >= 0.3 is 12.1 Å². The number of alkyl halides is 3. The molecule has 30 heavy (non-hydrogen) atoms. The summed E-state index contributed by atoms with van der Waals surface area (Å²) in [6, 6.07) is 8.28. The van der Waals surface area contributed by atoms with Crippen LogP contribution >= 0.6 is 23.4 Å². The lowest BCUT2D eigenvalue weighted by Crippen LogP contribution is -2.11. The van der Waals surface area contributed by atoms with Crippen LogP contribution in [-0.2, 0) is 21.7 Å². The first-order valence-corrected chi connectivity index (χ1v) is 10.2. The number of esters is 1. The van der Waals surface area contributed by atoms with Gasteiger partial charge in [0.1, 0.15) is 11.5 Å². The smallest absolute Gasteiger partial charge is 0.397 e. The van der Waals surface area contributed by atoms with Crippen LogP contribution in [0.4, 0.5) is 18.9 Å². The Kier molecular flexibility index (Phi) is 8.36. The molecule has 0 aliphatic heterocycles. The molecule has 0 fully saturated rings. The highest BCUT2D eigenvalue weighted by molar-refractivity contribution is 7.98. The zero-order valence-electron chi connectivity index (χ0n) is 15.7. The third kappa shape index (κ3) is 7.42. The van der Waals surface area contributed by atoms with Crippen molar-refractivity contribution in [3.05, 3.63) is 62.7 Å². The van der Waals surface area contributed by atoms with Gasteiger partial charge in [0, 0.05) is 23.4 Å². The highest BCUT2D eigenvalue weighted by Gasteiger charge is 2.27. The number of carbonyl (C=O) groups is 1. The maximum absolute atomic E-state index is 12.5. The van der Waals surface area contributed by atoms with Crippen LogP contribution in [-0.4, -0.2) is 29.4 Å². The summed E-state index contributed by atoms with van der Waals surface area (Å²) in [6.45, 7) is 1.92. The van der Waals surface area contributed by atoms with Crippen molar-refractivity contribution >= 4 is 35.0 Å². The van der Waals surface area contributed by atoms with Gasteiger partial charge in [0.2, 0.25) is 0 Å². The van der Waals surface area contributed by atoms with Crippen LogP contribution in [0.1, 0.15) is 18.1 Å². The molecule has 0 spiro atoms. The van der Waals surface area contributed by atoms with E-state index in [0.717, 1.165) is 6.07 Å². The minimum Gasteiger partial charge on any atom is -0.466 e. The number of benzene rings is 2. The fourth-order valence-corrected chi connectivity index (χ4v) is 3.34. The normalized spacial score (nSPS) is 11.2. The first-order chi connectivity index (χ1) is 14.1. The van der Waals surface area contributed by atoms with E-state index >= 15 is 0 Å². The lowest BCUT2D eigenvalue weighted by Gasteiger charge is -2.14. The monoisotopic (exact) mass is 463 g/mol. The number of nitro benzene ring substituents is 1. The van der Waals surface area contributed by atoms with E-state index in [2.05, 4.69) is 0 Å². The summed E-state index contributed by atoms with van der Waals surface area (Å²) < 4.78 is 48.0. The van der Waals surface area contributed by atoms with Crippen LogP contribution in [0.15, 0.2) is 36.4 Å². The van der Waals surface area contributed by atoms with Gasteiger partial charge in [-0.2, -0.15) is 13.2 Å². The number of thioether (sulfide) groups is 1. The molecule has 0 aromatic heterocycles. The van der Waals surface area contributed by atoms with Crippen molar-refractivity contribution in [2.75, 3.05) is 12.4 Å². The predicted octanol–water partition coefficient (Wildman–Crippen LogP) is 5.94. The maximum Gasteiger partial charge on any atom is 0.397 e. The molecule has 0 N–H and O–H groups in total. The van der Waals surface area contributed by atoms with E-state index in [1.54, 1.807) is 13.0 Å². The number of nitrogens with zero attached hydrogens (tertiary/aromatic N) is 1. The van der Waals surface area contributed by atoms with Crippen molar-refractivity contribution in [1.82, 2.24) is 0 Å². The Labute approximate surface area is 179 Å². The van der Waals surface area contributed by atoms with E-state index in [1.165, 1.54) is 24.3 Å². The molecule has 162 valence electrons. The van der Waals surface area contributed by atoms with Crippen LogP contribution in [0.2, 0.25) is 5.02 Å². The third-order valence-electron chi connectivity index (χ3n) is 3.65. The number of carbonyl (C=O) groups excluding carboxylic acids is 1. The van der Waals surface area contributed by atoms with Crippen molar-refractivity contribution in [2.24, 2.45) is 0 Å². The number of hydrogen-bond donors (Lipinski definition) is 0. The molecule has 0 unspecified atom stereocenters. The number of hydrogen-bond acceptors (Lipinski definition) is 6. The van der Waals surface area contributed by atoms with Gasteiger partial charge in [0.05, 0.1) is 28.7 Å². The topological polar surface area (TPSA) is 78.7 Å². The summed E-state index contributed by atoms with van der Waals surface area (Å²) in [4.78, 5) is 22.0. The summed E-state index contributed by atoms with van der Waals surface area (Å²) in [5.74, 6) is -1.41. The molecular weight excluding hydrogens is 447 g/mol. The summed E-state index contributed by atoms with van der Waals surface area (Å²) in [7, 11) is 0. The number of ether oxygens (including phenoxy) is 2. The second-order valence-corrected chi connectivity index (χ2v) is 7.40. The van der Waals surface area contributed by atoms with Gasteiger partial charge in [-0.1, -0.05) is 17.7 Å². The molecule has 0 heterocycles. The highest BCUT2D eigenvalue weighted by Crippen LogP contribution is 2.36. The zero-order valence-corrected chi connectivity index (χ0v) is 17.3. The number of halogens is 4. The summed E-state index contributed by atoms with van der Waals surface area (Å²) in [5, 5.41) is 11.2. The first kappa shape index (κ1) is 23.8. The fraction of sp³-hybridized carbons (Fsp3) is 0.316. The minimum atomic E-state index is -4.36. The van der Waals surface area contributed by atoms with Gasteiger partial charge in [0.15, 0.2) is 0 Å². The Bertz CT molecular complexity index is 924. The molecule has 2 aromatic rings. The second-order valence-electron chi connectivity index (χ2n) is 6.01. The molecule has 0 amide bonds. The molecule has 0 saturated heterocycles. The predicted molar refractivity (Wildman–Crippen MR) is 107 cm³/mol. The number of rotatable bonds is 9. The standard InChI is InChI=1S/C19H17ClF3NO5S/c1-2-28-18(25)8-12-3-5-15(20)17(7-12)29-16-6-4-14(24(26)27)9-13(16)10-30-11-19(21,22)23/h3-7,9H,2,8,10-11H2,1H3. The summed E-state index contributed by atoms with van der Waals surface area (Å²) in [6.07, 6.45) is -4.38. The van der Waals surface area contributed by atoms with E-state index in [1.807, 2.05) is 0 Å². The van der Waals surface area contributed by atoms with Gasteiger partial charge in [-0.3, -0.25) is 14.9 Å². The molecule has 0 radical (unpaired) electrons. The SMILES string of the molecule is CCOC(=O)Cc1ccc(Cl)c(Oc2ccc([N+](=O)[O-])cc2CSCC(F)(F)F)c1. The van der Waals surface area contributed by atoms with Crippen LogP contribution < -0.4 is 4.74 Å². The van der Waals surface area contributed by atoms with Gasteiger partial charge in [0.25, 0.3) is 5.69 Å². The number of nitro groups is 1. The Morgan fingerprint density at radius 2 is 1.93 bits per heavy atom. The lowest BCUT2D eigenvalue weighted by molar-refractivity contribution is -0.384. The highest BCUT2D eigenvalue weighted by atomic mass is 35.5. The minimum absolute atomic E-state index is 0.0179. The molecule has 0 aliphatic carbocycles. The molecule has 0 bridgehead atoms. The Balaban J connectivity index is 2.27. The zero-order chi connectivity index (χ0) is 22.3. The molecular formula is C19H17ClF3NO5S. The van der Waals surface area contributed by atoms with E-state index in [9.17, 15) is 28.1 Å². The molecule has 6 nitrogen and oxygen atoms in total. The Hall–Kier alpha value is -2.46. The second kappa shape index (κ2) is 10.5. The van der Waals surface area contributed by atoms with Crippen molar-refractivity contribution in [3.63, 3.8) is 0 Å². The third-order valence-corrected chi connectivity index (χ3v) is 5.01. The van der Waals surface area contributed by atoms with Crippen LogP contribution in [0.5, 0.6) is 11.5 Å². The first-order valence-electron chi connectivity index (χ1n) is 8.62. The molecule has 11 heteroatoms. The molecule has 0 saturated carbocycles. The van der Waals surface area contributed by atoms with E-state index in [-0.39, 0.29) is 46.6 Å². The van der Waals surface area contributed by atoms with Crippen molar-refractivity contribution in [1.29, 1.82) is 0 Å². The molecule has 2 rings (SSSR count). The van der Waals surface area contributed by atoms with Crippen LogP contribution in [0, 0.1) is 10.1 Å². The van der Waals surface area contributed by atoms with Gasteiger partial charge < -0.3 is 9.47 Å². The van der Waals surface area contributed by atoms with Crippen molar-refractivity contribution < 1.29 is 32.4 Å². The van der Waals surface area contributed by atoms with E-state index < -0.39 is 22.8 Å². The maximum atomic E-state index is 12.5. The Morgan fingerprint density at radius 1 is 1.20 bits per heavy atom. The molecule has 0 aliphatic rings. The molecule has 2 aromatic carbocycles.